The fraction of sp³-hybridized carbons (Fsp3) is 1.00. The molecule has 13 heavy (non-hydrogen) atoms. The first-order valence-electron chi connectivity index (χ1n) is 5.55. The van der Waals surface area contributed by atoms with Gasteiger partial charge in [0.25, 0.3) is 0 Å². The molecule has 0 spiro atoms. The van der Waals surface area contributed by atoms with Gasteiger partial charge in [0.05, 0.1) is 0 Å². The van der Waals surface area contributed by atoms with Crippen molar-refractivity contribution in [3.63, 3.8) is 0 Å². The van der Waals surface area contributed by atoms with Crippen LogP contribution in [0.1, 0.15) is 40.0 Å². The molecular weight excluding hydrogens is 178 g/mol. The lowest BCUT2D eigenvalue weighted by molar-refractivity contribution is 0.631. The van der Waals surface area contributed by atoms with E-state index in [2.05, 4.69) is 37.8 Å². The van der Waals surface area contributed by atoms with Crippen LogP contribution in [0.5, 0.6) is 0 Å². The van der Waals surface area contributed by atoms with Crippen LogP contribution in [-0.4, -0.2) is 24.6 Å². The Kier molecular flexibility index (Phi) is 10.6. The number of unbranched alkanes of at least 4 members (excludes halogenated alkanes) is 1. The molecule has 0 atom stereocenters. The Balaban J connectivity index is 2.84. The standard InChI is InChI=1S/C11H25NS/c1-4-12-8-5-6-9-13-10-7-11(2)3/h11-12H,4-10H2,1-3H3. The van der Waals surface area contributed by atoms with E-state index >= 15 is 0 Å². The molecule has 1 nitrogen and oxygen atoms in total. The van der Waals surface area contributed by atoms with Gasteiger partial charge < -0.3 is 5.32 Å². The average molecular weight is 203 g/mol. The molecule has 0 aromatic carbocycles. The van der Waals surface area contributed by atoms with E-state index in [9.17, 15) is 0 Å². The number of nitrogens with one attached hydrogen (secondary N) is 1. The highest BCUT2D eigenvalue weighted by Gasteiger charge is 1.94. The van der Waals surface area contributed by atoms with Crippen molar-refractivity contribution in [2.24, 2.45) is 5.92 Å². The molecule has 0 fully saturated rings. The summed E-state index contributed by atoms with van der Waals surface area (Å²) in [4.78, 5) is 0. The van der Waals surface area contributed by atoms with Crippen LogP contribution >= 0.6 is 11.8 Å². The summed E-state index contributed by atoms with van der Waals surface area (Å²) in [6.45, 7) is 9.07. The summed E-state index contributed by atoms with van der Waals surface area (Å²) in [5.74, 6) is 3.56. The Morgan fingerprint density at radius 2 is 1.92 bits per heavy atom. The second kappa shape index (κ2) is 10.4. The van der Waals surface area contributed by atoms with Crippen molar-refractivity contribution >= 4 is 11.8 Å². The maximum Gasteiger partial charge on any atom is -0.00487 e. The van der Waals surface area contributed by atoms with Gasteiger partial charge in [0.15, 0.2) is 0 Å². The molecule has 0 aromatic heterocycles. The highest BCUT2D eigenvalue weighted by molar-refractivity contribution is 7.99. The van der Waals surface area contributed by atoms with Gasteiger partial charge in [0, 0.05) is 0 Å². The average Bonchev–Trinajstić information content (AvgIpc) is 2.09. The zero-order valence-corrected chi connectivity index (χ0v) is 10.3. The van der Waals surface area contributed by atoms with E-state index < -0.39 is 0 Å². The first kappa shape index (κ1) is 13.3. The topological polar surface area (TPSA) is 12.0 Å². The maximum atomic E-state index is 3.35. The Hall–Kier alpha value is 0.310. The predicted octanol–water partition coefficient (Wildman–Crippen LogP) is 3.16. The molecule has 0 aromatic rings. The van der Waals surface area contributed by atoms with Gasteiger partial charge in [0.2, 0.25) is 0 Å². The molecule has 0 aliphatic carbocycles. The van der Waals surface area contributed by atoms with Gasteiger partial charge in [-0.05, 0) is 49.8 Å². The van der Waals surface area contributed by atoms with Gasteiger partial charge in [0.1, 0.15) is 0 Å². The number of thioether (sulfide) groups is 1. The molecule has 0 radical (unpaired) electrons. The summed E-state index contributed by atoms with van der Waals surface area (Å²) < 4.78 is 0. The van der Waals surface area contributed by atoms with Crippen molar-refractivity contribution in [2.45, 2.75) is 40.0 Å². The van der Waals surface area contributed by atoms with E-state index in [1.165, 1.54) is 37.3 Å². The third-order valence-corrected chi connectivity index (χ3v) is 3.08. The monoisotopic (exact) mass is 203 g/mol. The third-order valence-electron chi connectivity index (χ3n) is 1.98. The van der Waals surface area contributed by atoms with Crippen LogP contribution in [0.2, 0.25) is 0 Å². The van der Waals surface area contributed by atoms with Crippen LogP contribution in [0, 0.1) is 5.92 Å². The van der Waals surface area contributed by atoms with Gasteiger partial charge in [-0.3, -0.25) is 0 Å². The molecule has 80 valence electrons. The quantitative estimate of drug-likeness (QED) is 0.578. The fourth-order valence-electron chi connectivity index (χ4n) is 1.05. The minimum atomic E-state index is 0.870. The van der Waals surface area contributed by atoms with Crippen LogP contribution in [-0.2, 0) is 0 Å². The van der Waals surface area contributed by atoms with Gasteiger partial charge in [-0.25, -0.2) is 0 Å². The lowest BCUT2D eigenvalue weighted by Gasteiger charge is -2.04. The van der Waals surface area contributed by atoms with Crippen molar-refractivity contribution in [1.29, 1.82) is 0 Å². The molecule has 0 aliphatic rings. The Morgan fingerprint density at radius 3 is 2.54 bits per heavy atom. The second-order valence-electron chi connectivity index (χ2n) is 3.86. The molecule has 0 amide bonds. The summed E-state index contributed by atoms with van der Waals surface area (Å²) in [5, 5.41) is 3.35. The van der Waals surface area contributed by atoms with E-state index in [1.807, 2.05) is 0 Å². The van der Waals surface area contributed by atoms with Gasteiger partial charge in [-0.15, -0.1) is 0 Å². The minimum Gasteiger partial charge on any atom is -0.317 e. The minimum absolute atomic E-state index is 0.870. The first-order valence-corrected chi connectivity index (χ1v) is 6.71. The Morgan fingerprint density at radius 1 is 1.15 bits per heavy atom. The fourth-order valence-corrected chi connectivity index (χ4v) is 2.30. The van der Waals surface area contributed by atoms with Crippen molar-refractivity contribution in [3.8, 4) is 0 Å². The van der Waals surface area contributed by atoms with Crippen molar-refractivity contribution in [1.82, 2.24) is 5.32 Å². The molecule has 0 rings (SSSR count). The molecule has 0 bridgehead atoms. The highest BCUT2D eigenvalue weighted by Crippen LogP contribution is 2.10. The molecule has 0 aliphatic heterocycles. The van der Waals surface area contributed by atoms with Crippen molar-refractivity contribution in [3.05, 3.63) is 0 Å². The van der Waals surface area contributed by atoms with E-state index in [0.717, 1.165) is 12.5 Å². The first-order chi connectivity index (χ1) is 6.27. The summed E-state index contributed by atoms with van der Waals surface area (Å²) in [6.07, 6.45) is 4.08. The molecule has 0 saturated carbocycles. The number of rotatable bonds is 9. The maximum absolute atomic E-state index is 3.35. The normalized spacial score (nSPS) is 11.1. The largest absolute Gasteiger partial charge is 0.317 e. The van der Waals surface area contributed by atoms with E-state index in [4.69, 9.17) is 0 Å². The van der Waals surface area contributed by atoms with Gasteiger partial charge in [-0.2, -0.15) is 11.8 Å². The molecule has 1 N–H and O–H groups in total. The van der Waals surface area contributed by atoms with Crippen LogP contribution < -0.4 is 5.32 Å². The number of hydrogen-bond donors (Lipinski definition) is 1. The highest BCUT2D eigenvalue weighted by atomic mass is 32.2. The molecule has 0 unspecified atom stereocenters. The Labute approximate surface area is 88.1 Å². The molecular formula is C11H25NS. The van der Waals surface area contributed by atoms with Crippen LogP contribution in [0.3, 0.4) is 0 Å². The van der Waals surface area contributed by atoms with E-state index in [1.54, 1.807) is 0 Å². The molecule has 0 heterocycles. The summed E-state index contributed by atoms with van der Waals surface area (Å²) in [5.41, 5.74) is 0. The summed E-state index contributed by atoms with van der Waals surface area (Å²) in [7, 11) is 0. The molecule has 2 heteroatoms. The van der Waals surface area contributed by atoms with Gasteiger partial charge in [-0.1, -0.05) is 20.8 Å². The lowest BCUT2D eigenvalue weighted by Crippen LogP contribution is -2.13. The number of hydrogen-bond acceptors (Lipinski definition) is 2. The zero-order valence-electron chi connectivity index (χ0n) is 9.44. The molecule has 0 saturated heterocycles. The summed E-state index contributed by atoms with van der Waals surface area (Å²) >= 11 is 2.11. The van der Waals surface area contributed by atoms with Gasteiger partial charge >= 0.3 is 0 Å². The van der Waals surface area contributed by atoms with Crippen molar-refractivity contribution < 1.29 is 0 Å². The Bertz CT molecular complexity index is 94.1. The third kappa shape index (κ3) is 12.3. The lowest BCUT2D eigenvalue weighted by atomic mass is 10.2. The zero-order chi connectivity index (χ0) is 9.94. The van der Waals surface area contributed by atoms with Crippen LogP contribution in [0.4, 0.5) is 0 Å². The summed E-state index contributed by atoms with van der Waals surface area (Å²) in [6, 6.07) is 0. The smallest absolute Gasteiger partial charge is 0.00487 e. The van der Waals surface area contributed by atoms with Crippen LogP contribution in [0.15, 0.2) is 0 Å². The van der Waals surface area contributed by atoms with Crippen molar-refractivity contribution in [2.75, 3.05) is 24.6 Å². The van der Waals surface area contributed by atoms with E-state index in [0.29, 0.717) is 0 Å². The second-order valence-corrected chi connectivity index (χ2v) is 5.08. The predicted molar refractivity (Wildman–Crippen MR) is 64.6 cm³/mol. The SMILES string of the molecule is CCNCCCCSCCC(C)C. The van der Waals surface area contributed by atoms with E-state index in [-0.39, 0.29) is 0 Å². The van der Waals surface area contributed by atoms with Crippen LogP contribution in [0.25, 0.3) is 0 Å².